The summed E-state index contributed by atoms with van der Waals surface area (Å²) in [7, 11) is 0. The van der Waals surface area contributed by atoms with E-state index in [1.165, 1.54) is 6.92 Å². The number of aromatic amines is 1. The van der Waals surface area contributed by atoms with Crippen molar-refractivity contribution in [2.75, 3.05) is 6.61 Å². The van der Waals surface area contributed by atoms with Gasteiger partial charge in [-0.25, -0.2) is 9.18 Å². The van der Waals surface area contributed by atoms with Gasteiger partial charge in [-0.15, -0.1) is 0 Å². The molecule has 1 aromatic heterocycles. The van der Waals surface area contributed by atoms with Gasteiger partial charge in [-0.1, -0.05) is 0 Å². The summed E-state index contributed by atoms with van der Waals surface area (Å²) < 4.78 is 17.3. The lowest BCUT2D eigenvalue weighted by molar-refractivity contribution is 0.0485. The molecular weight excluding hydrogens is 185 g/mol. The molecule has 0 amide bonds. The number of rotatable bonds is 5. The van der Waals surface area contributed by atoms with E-state index in [4.69, 9.17) is 4.74 Å². The van der Waals surface area contributed by atoms with Gasteiger partial charge in [0.2, 0.25) is 0 Å². The molecule has 1 N–H and O–H groups in total. The number of esters is 1. The molecule has 0 saturated carbocycles. The lowest BCUT2D eigenvalue weighted by atomic mass is 10.2. The maximum atomic E-state index is 12.4. The van der Waals surface area contributed by atoms with Crippen LogP contribution < -0.4 is 0 Å². The van der Waals surface area contributed by atoms with Gasteiger partial charge >= 0.3 is 5.97 Å². The highest BCUT2D eigenvalue weighted by Crippen LogP contribution is 2.02. The van der Waals surface area contributed by atoms with E-state index in [2.05, 4.69) is 4.98 Å². The number of H-pyrrole nitrogens is 1. The summed E-state index contributed by atoms with van der Waals surface area (Å²) in [6.45, 7) is 1.76. The van der Waals surface area contributed by atoms with Crippen LogP contribution in [0.25, 0.3) is 0 Å². The van der Waals surface area contributed by atoms with Crippen LogP contribution in [0.1, 0.15) is 30.3 Å². The zero-order chi connectivity index (χ0) is 10.4. The van der Waals surface area contributed by atoms with E-state index in [9.17, 15) is 9.18 Å². The minimum Gasteiger partial charge on any atom is -0.461 e. The maximum absolute atomic E-state index is 12.4. The molecule has 0 aliphatic heterocycles. The minimum absolute atomic E-state index is 0.270. The van der Waals surface area contributed by atoms with Crippen LogP contribution in [-0.2, 0) is 4.74 Å². The van der Waals surface area contributed by atoms with Crippen molar-refractivity contribution in [3.8, 4) is 0 Å². The van der Waals surface area contributed by atoms with Crippen molar-refractivity contribution in [2.24, 2.45) is 0 Å². The first-order chi connectivity index (χ1) is 6.70. The fourth-order valence-electron chi connectivity index (χ4n) is 1.06. The molecule has 0 aromatic carbocycles. The van der Waals surface area contributed by atoms with Crippen LogP contribution in [0.3, 0.4) is 0 Å². The van der Waals surface area contributed by atoms with Crippen LogP contribution in [0.2, 0.25) is 0 Å². The third kappa shape index (κ3) is 3.60. The van der Waals surface area contributed by atoms with Gasteiger partial charge in [-0.2, -0.15) is 0 Å². The third-order valence-corrected chi connectivity index (χ3v) is 1.80. The molecule has 1 aromatic rings. The van der Waals surface area contributed by atoms with Crippen LogP contribution >= 0.6 is 0 Å². The molecule has 14 heavy (non-hydrogen) atoms. The quantitative estimate of drug-likeness (QED) is 0.584. The monoisotopic (exact) mass is 199 g/mol. The molecule has 0 aliphatic carbocycles. The van der Waals surface area contributed by atoms with E-state index in [0.29, 0.717) is 18.5 Å². The SMILES string of the molecule is C[C@@H](F)CCCOC(=O)c1ccc[nH]1. The highest BCUT2D eigenvalue weighted by Gasteiger charge is 2.06. The van der Waals surface area contributed by atoms with Crippen LogP contribution in [0.15, 0.2) is 18.3 Å². The van der Waals surface area contributed by atoms with Crippen molar-refractivity contribution in [3.05, 3.63) is 24.0 Å². The van der Waals surface area contributed by atoms with Crippen LogP contribution in [0, 0.1) is 0 Å². The molecule has 0 radical (unpaired) electrons. The predicted molar refractivity (Wildman–Crippen MR) is 50.9 cm³/mol. The number of hydrogen-bond donors (Lipinski definition) is 1. The Morgan fingerprint density at radius 3 is 3.07 bits per heavy atom. The van der Waals surface area contributed by atoms with Crippen molar-refractivity contribution >= 4 is 5.97 Å². The van der Waals surface area contributed by atoms with Crippen molar-refractivity contribution < 1.29 is 13.9 Å². The normalized spacial score (nSPS) is 12.4. The van der Waals surface area contributed by atoms with Gasteiger partial charge in [0, 0.05) is 6.20 Å². The Bertz CT molecular complexity index is 270. The smallest absolute Gasteiger partial charge is 0.354 e. The van der Waals surface area contributed by atoms with E-state index in [0.717, 1.165) is 0 Å². The fraction of sp³-hybridized carbons (Fsp3) is 0.500. The highest BCUT2D eigenvalue weighted by atomic mass is 19.1. The van der Waals surface area contributed by atoms with Gasteiger partial charge in [0.05, 0.1) is 12.8 Å². The summed E-state index contributed by atoms with van der Waals surface area (Å²) in [4.78, 5) is 13.9. The summed E-state index contributed by atoms with van der Waals surface area (Å²) in [6.07, 6.45) is 1.81. The fourth-order valence-corrected chi connectivity index (χ4v) is 1.06. The molecule has 0 bridgehead atoms. The van der Waals surface area contributed by atoms with Crippen LogP contribution in [-0.4, -0.2) is 23.7 Å². The van der Waals surface area contributed by atoms with E-state index >= 15 is 0 Å². The van der Waals surface area contributed by atoms with Gasteiger partial charge in [-0.05, 0) is 31.9 Å². The highest BCUT2D eigenvalue weighted by molar-refractivity contribution is 5.87. The number of hydrogen-bond acceptors (Lipinski definition) is 2. The number of carbonyl (C=O) groups excluding carboxylic acids is 1. The molecule has 3 nitrogen and oxygen atoms in total. The van der Waals surface area contributed by atoms with Gasteiger partial charge in [0.1, 0.15) is 5.69 Å². The van der Waals surface area contributed by atoms with E-state index in [1.54, 1.807) is 18.3 Å². The van der Waals surface area contributed by atoms with Crippen molar-refractivity contribution in [1.29, 1.82) is 0 Å². The van der Waals surface area contributed by atoms with Gasteiger partial charge in [0.15, 0.2) is 0 Å². The van der Waals surface area contributed by atoms with E-state index in [1.807, 2.05) is 0 Å². The van der Waals surface area contributed by atoms with Crippen LogP contribution in [0.4, 0.5) is 4.39 Å². The number of nitrogens with one attached hydrogen (secondary N) is 1. The summed E-state index contributed by atoms with van der Waals surface area (Å²) >= 11 is 0. The second-order valence-electron chi connectivity index (χ2n) is 3.14. The first kappa shape index (κ1) is 10.8. The molecule has 0 saturated heterocycles. The first-order valence-corrected chi connectivity index (χ1v) is 4.64. The molecule has 0 fully saturated rings. The Kier molecular flexibility index (Phi) is 4.16. The molecule has 0 spiro atoms. The Hall–Kier alpha value is -1.32. The minimum atomic E-state index is -0.834. The molecule has 1 heterocycles. The lowest BCUT2D eigenvalue weighted by Crippen LogP contribution is -2.07. The summed E-state index contributed by atoms with van der Waals surface area (Å²) in [5, 5.41) is 0. The van der Waals surface area contributed by atoms with Crippen molar-refractivity contribution in [3.63, 3.8) is 0 Å². The molecule has 0 unspecified atom stereocenters. The van der Waals surface area contributed by atoms with Crippen molar-refractivity contribution in [1.82, 2.24) is 4.98 Å². The Morgan fingerprint density at radius 1 is 1.71 bits per heavy atom. The van der Waals surface area contributed by atoms with Crippen molar-refractivity contribution in [2.45, 2.75) is 25.9 Å². The Morgan fingerprint density at radius 2 is 2.50 bits per heavy atom. The number of alkyl halides is 1. The second kappa shape index (κ2) is 5.42. The molecule has 4 heteroatoms. The summed E-state index contributed by atoms with van der Waals surface area (Å²) in [6, 6.07) is 3.36. The zero-order valence-corrected chi connectivity index (χ0v) is 8.13. The maximum Gasteiger partial charge on any atom is 0.354 e. The van der Waals surface area contributed by atoms with Gasteiger partial charge in [0.25, 0.3) is 0 Å². The first-order valence-electron chi connectivity index (χ1n) is 4.64. The molecule has 0 aliphatic rings. The second-order valence-corrected chi connectivity index (χ2v) is 3.14. The molecular formula is C10H14FNO2. The summed E-state index contributed by atoms with van der Waals surface area (Å²) in [5.41, 5.74) is 0.429. The lowest BCUT2D eigenvalue weighted by Gasteiger charge is -2.03. The van der Waals surface area contributed by atoms with Gasteiger partial charge < -0.3 is 9.72 Å². The predicted octanol–water partition coefficient (Wildman–Crippen LogP) is 2.31. The molecule has 1 rings (SSSR count). The Balaban J connectivity index is 2.16. The number of halogens is 1. The Labute approximate surface area is 82.3 Å². The third-order valence-electron chi connectivity index (χ3n) is 1.80. The topological polar surface area (TPSA) is 42.1 Å². The van der Waals surface area contributed by atoms with Gasteiger partial charge in [-0.3, -0.25) is 0 Å². The standard InChI is InChI=1S/C10H14FNO2/c1-8(11)4-3-7-14-10(13)9-5-2-6-12-9/h2,5-6,8,12H,3-4,7H2,1H3/t8-/m1/s1. The van der Waals surface area contributed by atoms with E-state index in [-0.39, 0.29) is 12.6 Å². The number of ether oxygens (including phenoxy) is 1. The number of aromatic nitrogens is 1. The zero-order valence-electron chi connectivity index (χ0n) is 8.13. The average molecular weight is 199 g/mol. The summed E-state index contributed by atoms with van der Waals surface area (Å²) in [5.74, 6) is -0.387. The number of carbonyl (C=O) groups is 1. The molecule has 78 valence electrons. The largest absolute Gasteiger partial charge is 0.461 e. The van der Waals surface area contributed by atoms with E-state index < -0.39 is 6.17 Å². The molecule has 1 atom stereocenters. The van der Waals surface area contributed by atoms with Crippen LogP contribution in [0.5, 0.6) is 0 Å². The average Bonchev–Trinajstić information content (AvgIpc) is 2.64.